The Morgan fingerprint density at radius 2 is 1.96 bits per heavy atom. The van der Waals surface area contributed by atoms with Crippen LogP contribution >= 0.6 is 0 Å². The van der Waals surface area contributed by atoms with E-state index in [0.29, 0.717) is 0 Å². The van der Waals surface area contributed by atoms with Crippen LogP contribution in [-0.4, -0.2) is 51.5 Å². The third-order valence-corrected chi connectivity index (χ3v) is 4.61. The number of ether oxygens (including phenoxy) is 1. The number of nitrogens with zero attached hydrogens (tertiary/aromatic N) is 5. The molecule has 7 nitrogen and oxygen atoms in total. The summed E-state index contributed by atoms with van der Waals surface area (Å²) in [7, 11) is 0. The molecule has 2 aliphatic rings. The molecule has 0 amide bonds. The molecule has 0 atom stereocenters. The lowest BCUT2D eigenvalue weighted by Crippen LogP contribution is -2.37. The second-order valence-corrected chi connectivity index (χ2v) is 5.92. The largest absolute Gasteiger partial charge is 0.378 e. The molecule has 4 heterocycles. The van der Waals surface area contributed by atoms with Gasteiger partial charge in [0.25, 0.3) is 0 Å². The van der Waals surface area contributed by atoms with E-state index in [9.17, 15) is 0 Å². The monoisotopic (exact) mass is 308 g/mol. The number of rotatable bonds is 1. The summed E-state index contributed by atoms with van der Waals surface area (Å²) in [6.07, 6.45) is 7.61. The lowest BCUT2D eigenvalue weighted by atomic mass is 9.89. The quantitative estimate of drug-likeness (QED) is 0.731. The first-order valence-corrected chi connectivity index (χ1v) is 7.90. The molecular formula is C16H16N6O. The van der Waals surface area contributed by atoms with Gasteiger partial charge < -0.3 is 9.64 Å². The molecule has 3 aromatic rings. The molecule has 0 spiro atoms. The highest BCUT2D eigenvalue weighted by Gasteiger charge is 2.23. The summed E-state index contributed by atoms with van der Waals surface area (Å²) < 4.78 is 5.41. The van der Waals surface area contributed by atoms with Gasteiger partial charge in [0.05, 0.1) is 25.1 Å². The van der Waals surface area contributed by atoms with E-state index in [1.54, 1.807) is 0 Å². The van der Waals surface area contributed by atoms with Gasteiger partial charge in [0.2, 0.25) is 5.95 Å². The molecular weight excluding hydrogens is 292 g/mol. The normalized spacial score (nSPS) is 17.1. The molecule has 7 heteroatoms. The number of hydrogen-bond donors (Lipinski definition) is 1. The van der Waals surface area contributed by atoms with Crippen LogP contribution < -0.4 is 4.90 Å². The van der Waals surface area contributed by atoms with Crippen molar-refractivity contribution in [2.24, 2.45) is 0 Å². The number of pyridine rings is 1. The van der Waals surface area contributed by atoms with Gasteiger partial charge in [-0.3, -0.25) is 5.10 Å². The number of aromatic nitrogens is 5. The fourth-order valence-corrected chi connectivity index (χ4v) is 3.42. The Morgan fingerprint density at radius 3 is 2.87 bits per heavy atom. The molecule has 0 aromatic carbocycles. The first-order valence-electron chi connectivity index (χ1n) is 7.90. The molecule has 0 unspecified atom stereocenters. The first kappa shape index (κ1) is 13.0. The van der Waals surface area contributed by atoms with Crippen LogP contribution in [0.1, 0.15) is 11.3 Å². The second-order valence-electron chi connectivity index (χ2n) is 5.92. The Hall–Kier alpha value is -2.54. The molecule has 5 rings (SSSR count). The highest BCUT2D eigenvalue weighted by molar-refractivity contribution is 5.95. The number of hydrogen-bond acceptors (Lipinski definition) is 6. The van der Waals surface area contributed by atoms with Crippen molar-refractivity contribution in [2.45, 2.75) is 12.8 Å². The van der Waals surface area contributed by atoms with Crippen LogP contribution in [0.4, 0.5) is 5.95 Å². The van der Waals surface area contributed by atoms with Crippen molar-refractivity contribution in [1.82, 2.24) is 25.1 Å². The van der Waals surface area contributed by atoms with E-state index < -0.39 is 0 Å². The van der Waals surface area contributed by atoms with E-state index in [2.05, 4.69) is 25.1 Å². The smallest absolute Gasteiger partial charge is 0.225 e. The van der Waals surface area contributed by atoms with Crippen LogP contribution in [0, 0.1) is 0 Å². The molecule has 0 saturated carbocycles. The van der Waals surface area contributed by atoms with E-state index in [1.807, 2.05) is 18.6 Å². The minimum absolute atomic E-state index is 0.741. The minimum Gasteiger partial charge on any atom is -0.378 e. The molecule has 3 aromatic heterocycles. The van der Waals surface area contributed by atoms with Gasteiger partial charge in [0.15, 0.2) is 5.65 Å². The maximum Gasteiger partial charge on any atom is 0.225 e. The lowest BCUT2D eigenvalue weighted by Gasteiger charge is -2.28. The van der Waals surface area contributed by atoms with Gasteiger partial charge >= 0.3 is 0 Å². The second kappa shape index (κ2) is 4.99. The molecule has 23 heavy (non-hydrogen) atoms. The zero-order chi connectivity index (χ0) is 15.2. The summed E-state index contributed by atoms with van der Waals surface area (Å²) in [5.74, 6) is 0.813. The first-order chi connectivity index (χ1) is 11.4. The van der Waals surface area contributed by atoms with E-state index in [4.69, 9.17) is 9.72 Å². The number of aromatic amines is 1. The summed E-state index contributed by atoms with van der Waals surface area (Å²) in [5, 5.41) is 8.11. The van der Waals surface area contributed by atoms with Crippen LogP contribution in [0.25, 0.3) is 22.2 Å². The Morgan fingerprint density at radius 1 is 1.04 bits per heavy atom. The standard InChI is InChI=1S/C16H16N6O/c1-2-13-11(8-18-16(20-13)22-3-5-23-6-4-22)14-10(1)7-17-15-12(14)9-19-21-15/h7-9H,1-6H2,(H,17,19,21). The van der Waals surface area contributed by atoms with Crippen molar-refractivity contribution < 1.29 is 4.74 Å². The predicted octanol–water partition coefficient (Wildman–Crippen LogP) is 1.35. The number of aryl methyl sites for hydroxylation is 2. The fourth-order valence-electron chi connectivity index (χ4n) is 3.42. The zero-order valence-electron chi connectivity index (χ0n) is 12.6. The number of anilines is 1. The van der Waals surface area contributed by atoms with Crippen molar-refractivity contribution in [3.05, 3.63) is 29.8 Å². The van der Waals surface area contributed by atoms with Gasteiger partial charge in [-0.1, -0.05) is 0 Å². The topological polar surface area (TPSA) is 79.8 Å². The lowest BCUT2D eigenvalue weighted by molar-refractivity contribution is 0.122. The summed E-state index contributed by atoms with van der Waals surface area (Å²) in [4.78, 5) is 16.1. The van der Waals surface area contributed by atoms with Gasteiger partial charge in [0, 0.05) is 42.0 Å². The number of H-pyrrole nitrogens is 1. The molecule has 116 valence electrons. The molecule has 1 aliphatic heterocycles. The fraction of sp³-hybridized carbons (Fsp3) is 0.375. The van der Waals surface area contributed by atoms with Crippen LogP contribution in [-0.2, 0) is 17.6 Å². The van der Waals surface area contributed by atoms with Crippen molar-refractivity contribution in [3.8, 4) is 11.1 Å². The van der Waals surface area contributed by atoms with E-state index >= 15 is 0 Å². The van der Waals surface area contributed by atoms with Gasteiger partial charge in [0.1, 0.15) is 0 Å². The highest BCUT2D eigenvalue weighted by atomic mass is 16.5. The summed E-state index contributed by atoms with van der Waals surface area (Å²) >= 11 is 0. The van der Waals surface area contributed by atoms with Gasteiger partial charge in [-0.25, -0.2) is 15.0 Å². The third-order valence-electron chi connectivity index (χ3n) is 4.61. The van der Waals surface area contributed by atoms with E-state index in [-0.39, 0.29) is 0 Å². The minimum atomic E-state index is 0.741. The number of nitrogens with one attached hydrogen (secondary N) is 1. The van der Waals surface area contributed by atoms with Gasteiger partial charge in [-0.2, -0.15) is 5.10 Å². The Bertz CT molecular complexity index is 883. The van der Waals surface area contributed by atoms with E-state index in [1.165, 1.54) is 11.1 Å². The average Bonchev–Trinajstić information content (AvgIpc) is 3.10. The third kappa shape index (κ3) is 2.00. The summed E-state index contributed by atoms with van der Waals surface area (Å²) in [6.45, 7) is 3.19. The maximum atomic E-state index is 5.41. The zero-order valence-corrected chi connectivity index (χ0v) is 12.6. The van der Waals surface area contributed by atoms with Crippen molar-refractivity contribution in [3.63, 3.8) is 0 Å². The van der Waals surface area contributed by atoms with E-state index in [0.717, 1.165) is 67.4 Å². The van der Waals surface area contributed by atoms with Crippen molar-refractivity contribution in [2.75, 3.05) is 31.2 Å². The van der Waals surface area contributed by atoms with Crippen molar-refractivity contribution >= 4 is 17.0 Å². The van der Waals surface area contributed by atoms with Crippen LogP contribution in [0.3, 0.4) is 0 Å². The maximum absolute atomic E-state index is 5.41. The van der Waals surface area contributed by atoms with Crippen LogP contribution in [0.5, 0.6) is 0 Å². The average molecular weight is 308 g/mol. The van der Waals surface area contributed by atoms with Gasteiger partial charge in [-0.15, -0.1) is 0 Å². The number of morpholine rings is 1. The molecule has 1 aliphatic carbocycles. The SMILES string of the molecule is c1nc2[nH]ncc2c2c1CCc1nc(N3CCOCC3)ncc1-2. The summed E-state index contributed by atoms with van der Waals surface area (Å²) in [5.41, 5.74) is 5.46. The molecule has 1 fully saturated rings. The van der Waals surface area contributed by atoms with Gasteiger partial charge in [-0.05, 0) is 18.4 Å². The Balaban J connectivity index is 1.63. The van der Waals surface area contributed by atoms with Crippen molar-refractivity contribution in [1.29, 1.82) is 0 Å². The van der Waals surface area contributed by atoms with Crippen LogP contribution in [0.2, 0.25) is 0 Å². The molecule has 1 N–H and O–H groups in total. The number of fused-ring (bicyclic) bond motifs is 5. The molecule has 0 bridgehead atoms. The highest BCUT2D eigenvalue weighted by Crippen LogP contribution is 2.36. The van der Waals surface area contributed by atoms with Crippen LogP contribution in [0.15, 0.2) is 18.6 Å². The predicted molar refractivity (Wildman–Crippen MR) is 85.4 cm³/mol. The summed E-state index contributed by atoms with van der Waals surface area (Å²) in [6, 6.07) is 0. The Labute approximate surface area is 132 Å². The molecule has 0 radical (unpaired) electrons. The molecule has 1 saturated heterocycles. The Kier molecular flexibility index (Phi) is 2.81.